The van der Waals surface area contributed by atoms with Crippen molar-refractivity contribution in [3.05, 3.63) is 62.0 Å². The van der Waals surface area contributed by atoms with Crippen molar-refractivity contribution in [3.8, 4) is 0 Å². The van der Waals surface area contributed by atoms with E-state index in [0.717, 1.165) is 20.8 Å². The van der Waals surface area contributed by atoms with Crippen LogP contribution in [0.5, 0.6) is 0 Å². The van der Waals surface area contributed by atoms with Gasteiger partial charge in [-0.2, -0.15) is 0 Å². The lowest BCUT2D eigenvalue weighted by atomic mass is 10.1. The molecule has 0 atom stereocenters. The Hall–Kier alpha value is -2.51. The van der Waals surface area contributed by atoms with Gasteiger partial charge in [-0.3, -0.25) is 9.36 Å². The van der Waals surface area contributed by atoms with Crippen molar-refractivity contribution in [3.63, 3.8) is 0 Å². The zero-order valence-electron chi connectivity index (χ0n) is 17.8. The second-order valence-corrected chi connectivity index (χ2v) is 8.98. The quantitative estimate of drug-likeness (QED) is 0.576. The van der Waals surface area contributed by atoms with Gasteiger partial charge in [0, 0.05) is 4.88 Å². The zero-order chi connectivity index (χ0) is 21.3. The molecule has 0 saturated carbocycles. The van der Waals surface area contributed by atoms with E-state index in [0.29, 0.717) is 29.9 Å². The number of rotatable bonds is 6. The molecule has 0 aliphatic rings. The summed E-state index contributed by atoms with van der Waals surface area (Å²) in [5, 5.41) is 0.686. The molecule has 0 radical (unpaired) electrons. The molecular weight excluding hydrogens is 386 g/mol. The van der Waals surface area contributed by atoms with Gasteiger partial charge in [0.2, 0.25) is 0 Å². The number of esters is 1. The predicted molar refractivity (Wildman–Crippen MR) is 117 cm³/mol. The third-order valence-electron chi connectivity index (χ3n) is 4.67. The zero-order valence-corrected chi connectivity index (χ0v) is 18.6. The predicted octanol–water partition coefficient (Wildman–Crippen LogP) is 3.75. The minimum absolute atomic E-state index is 0.0381. The van der Waals surface area contributed by atoms with Crippen LogP contribution in [-0.2, 0) is 17.8 Å². The molecule has 0 N–H and O–H groups in total. The Labute approximate surface area is 174 Å². The Morgan fingerprint density at radius 3 is 2.66 bits per heavy atom. The van der Waals surface area contributed by atoms with Crippen molar-refractivity contribution in [2.45, 2.75) is 46.9 Å². The van der Waals surface area contributed by atoms with Crippen LogP contribution in [0.4, 0.5) is 0 Å². The molecule has 154 valence electrons. The largest absolute Gasteiger partial charge is 0.459 e. The van der Waals surface area contributed by atoms with Crippen LogP contribution < -0.4 is 5.56 Å². The fourth-order valence-electron chi connectivity index (χ4n) is 3.20. The van der Waals surface area contributed by atoms with Crippen LogP contribution in [0.3, 0.4) is 0 Å². The standard InChI is InChI=1S/C22H27N3O3S/c1-13(2)28-22(27)17-9-7-8-16(10-17)11-25-18(12-24(5)6)23-20-19(21(25)26)14(3)15(4)29-20/h7-10,13H,11-12H2,1-6H3. The van der Waals surface area contributed by atoms with E-state index in [-0.39, 0.29) is 17.6 Å². The molecule has 3 aromatic rings. The first-order valence-corrected chi connectivity index (χ1v) is 10.4. The fraction of sp³-hybridized carbons (Fsp3) is 0.409. The number of thiophene rings is 1. The number of carbonyl (C=O) groups is 1. The third-order valence-corrected chi connectivity index (χ3v) is 5.77. The van der Waals surface area contributed by atoms with Gasteiger partial charge < -0.3 is 9.64 Å². The third kappa shape index (κ3) is 4.57. The van der Waals surface area contributed by atoms with Crippen molar-refractivity contribution < 1.29 is 9.53 Å². The fourth-order valence-corrected chi connectivity index (χ4v) is 4.24. The summed E-state index contributed by atoms with van der Waals surface area (Å²) >= 11 is 1.56. The molecule has 2 heterocycles. The summed E-state index contributed by atoms with van der Waals surface area (Å²) in [4.78, 5) is 34.3. The van der Waals surface area contributed by atoms with Gasteiger partial charge in [-0.05, 0) is 65.0 Å². The molecule has 0 bridgehead atoms. The monoisotopic (exact) mass is 413 g/mol. The van der Waals surface area contributed by atoms with Crippen molar-refractivity contribution in [1.82, 2.24) is 14.5 Å². The Balaban J connectivity index is 2.07. The summed E-state index contributed by atoms with van der Waals surface area (Å²) in [6, 6.07) is 7.24. The van der Waals surface area contributed by atoms with Gasteiger partial charge in [0.25, 0.3) is 5.56 Å². The number of hydrogen-bond acceptors (Lipinski definition) is 6. The van der Waals surface area contributed by atoms with E-state index in [1.165, 1.54) is 0 Å². The van der Waals surface area contributed by atoms with Crippen LogP contribution in [0.1, 0.15) is 46.0 Å². The van der Waals surface area contributed by atoms with Gasteiger partial charge >= 0.3 is 5.97 Å². The number of hydrogen-bond donors (Lipinski definition) is 0. The lowest BCUT2D eigenvalue weighted by Crippen LogP contribution is -2.28. The van der Waals surface area contributed by atoms with Crippen LogP contribution in [0.15, 0.2) is 29.1 Å². The minimum atomic E-state index is -0.361. The highest BCUT2D eigenvalue weighted by Gasteiger charge is 2.18. The number of nitrogens with zero attached hydrogens (tertiary/aromatic N) is 3. The summed E-state index contributed by atoms with van der Waals surface area (Å²) in [5.41, 5.74) is 2.29. The van der Waals surface area contributed by atoms with E-state index in [1.54, 1.807) is 28.0 Å². The van der Waals surface area contributed by atoms with Crippen molar-refractivity contribution >= 4 is 27.5 Å². The molecule has 0 spiro atoms. The van der Waals surface area contributed by atoms with E-state index in [9.17, 15) is 9.59 Å². The minimum Gasteiger partial charge on any atom is -0.459 e. The number of aromatic nitrogens is 2. The molecule has 0 fully saturated rings. The molecular formula is C22H27N3O3S. The van der Waals surface area contributed by atoms with Crippen LogP contribution in [-0.4, -0.2) is 40.6 Å². The van der Waals surface area contributed by atoms with E-state index >= 15 is 0 Å². The molecule has 0 aliphatic carbocycles. The highest BCUT2D eigenvalue weighted by atomic mass is 32.1. The van der Waals surface area contributed by atoms with Gasteiger partial charge in [0.1, 0.15) is 10.7 Å². The van der Waals surface area contributed by atoms with E-state index in [4.69, 9.17) is 9.72 Å². The molecule has 0 unspecified atom stereocenters. The molecule has 2 aromatic heterocycles. The average Bonchev–Trinajstić information content (AvgIpc) is 2.91. The summed E-state index contributed by atoms with van der Waals surface area (Å²) in [6.45, 7) is 8.52. The number of carbonyl (C=O) groups excluding carboxylic acids is 1. The first-order valence-electron chi connectivity index (χ1n) is 9.61. The normalized spacial score (nSPS) is 11.6. The van der Waals surface area contributed by atoms with Gasteiger partial charge in [0.05, 0.1) is 30.1 Å². The Bertz CT molecular complexity index is 1110. The maximum absolute atomic E-state index is 13.4. The molecule has 3 rings (SSSR count). The van der Waals surface area contributed by atoms with Crippen LogP contribution in [0, 0.1) is 13.8 Å². The lowest BCUT2D eigenvalue weighted by Gasteiger charge is -2.16. The average molecular weight is 414 g/mol. The first-order chi connectivity index (χ1) is 13.7. The van der Waals surface area contributed by atoms with Crippen molar-refractivity contribution in [1.29, 1.82) is 0 Å². The SMILES string of the molecule is Cc1sc2nc(CN(C)C)n(Cc3cccc(C(=O)OC(C)C)c3)c(=O)c2c1C. The molecule has 29 heavy (non-hydrogen) atoms. The van der Waals surface area contributed by atoms with Crippen LogP contribution in [0.25, 0.3) is 10.2 Å². The lowest BCUT2D eigenvalue weighted by molar-refractivity contribution is 0.0378. The van der Waals surface area contributed by atoms with Crippen LogP contribution >= 0.6 is 11.3 Å². The Morgan fingerprint density at radius 2 is 2.00 bits per heavy atom. The smallest absolute Gasteiger partial charge is 0.338 e. The molecule has 0 aliphatic heterocycles. The van der Waals surface area contributed by atoms with Crippen molar-refractivity contribution in [2.75, 3.05) is 14.1 Å². The highest BCUT2D eigenvalue weighted by Crippen LogP contribution is 2.26. The highest BCUT2D eigenvalue weighted by molar-refractivity contribution is 7.18. The van der Waals surface area contributed by atoms with Gasteiger partial charge in [-0.25, -0.2) is 9.78 Å². The molecule has 1 aromatic carbocycles. The summed E-state index contributed by atoms with van der Waals surface area (Å²) in [6.07, 6.45) is -0.183. The van der Waals surface area contributed by atoms with Gasteiger partial charge in [0.15, 0.2) is 0 Å². The number of aryl methyl sites for hydroxylation is 2. The molecule has 0 saturated heterocycles. The van der Waals surface area contributed by atoms with Crippen molar-refractivity contribution in [2.24, 2.45) is 0 Å². The van der Waals surface area contributed by atoms with Crippen LogP contribution in [0.2, 0.25) is 0 Å². The maximum atomic E-state index is 13.4. The van der Waals surface area contributed by atoms with E-state index in [2.05, 4.69) is 0 Å². The Morgan fingerprint density at radius 1 is 1.28 bits per heavy atom. The summed E-state index contributed by atoms with van der Waals surface area (Å²) in [5.74, 6) is 0.351. The maximum Gasteiger partial charge on any atom is 0.338 e. The molecule has 0 amide bonds. The van der Waals surface area contributed by atoms with E-state index < -0.39 is 0 Å². The van der Waals surface area contributed by atoms with E-state index in [1.807, 2.05) is 58.8 Å². The summed E-state index contributed by atoms with van der Waals surface area (Å²) in [7, 11) is 3.91. The number of fused-ring (bicyclic) bond motifs is 1. The second-order valence-electron chi connectivity index (χ2n) is 7.77. The number of ether oxygens (including phenoxy) is 1. The van der Waals surface area contributed by atoms with Gasteiger partial charge in [-0.15, -0.1) is 11.3 Å². The molecule has 7 heteroatoms. The Kier molecular flexibility index (Phi) is 6.19. The summed E-state index contributed by atoms with van der Waals surface area (Å²) < 4.78 is 7.01. The first kappa shape index (κ1) is 21.2. The molecule has 6 nitrogen and oxygen atoms in total. The second kappa shape index (κ2) is 8.47. The topological polar surface area (TPSA) is 64.4 Å². The number of benzene rings is 1. The van der Waals surface area contributed by atoms with Gasteiger partial charge in [-0.1, -0.05) is 12.1 Å².